The Morgan fingerprint density at radius 3 is 2.67 bits per heavy atom. The zero-order valence-electron chi connectivity index (χ0n) is 13.3. The fourth-order valence-electron chi connectivity index (χ4n) is 3.32. The average Bonchev–Trinajstić information content (AvgIpc) is 2.62. The number of nitrogens with one attached hydrogen (secondary N) is 1. The summed E-state index contributed by atoms with van der Waals surface area (Å²) in [5.74, 6) is 0.631. The highest BCUT2D eigenvalue weighted by molar-refractivity contribution is 9.10. The summed E-state index contributed by atoms with van der Waals surface area (Å²) in [6, 6.07) is 13.6. The summed E-state index contributed by atoms with van der Waals surface area (Å²) in [5, 5.41) is 0.623. The van der Waals surface area contributed by atoms with E-state index in [4.69, 9.17) is 4.98 Å². The van der Waals surface area contributed by atoms with Gasteiger partial charge in [-0.2, -0.15) is 0 Å². The maximum atomic E-state index is 12.4. The van der Waals surface area contributed by atoms with Gasteiger partial charge in [0.05, 0.1) is 10.9 Å². The van der Waals surface area contributed by atoms with Gasteiger partial charge in [-0.15, -0.1) is 0 Å². The Balaban J connectivity index is 1.88. The van der Waals surface area contributed by atoms with Crippen molar-refractivity contribution in [2.24, 2.45) is 0 Å². The maximum absolute atomic E-state index is 12.4. The number of rotatable bonds is 2. The Morgan fingerprint density at radius 1 is 1.04 bits per heavy atom. The number of benzene rings is 2. The zero-order chi connectivity index (χ0) is 16.5. The van der Waals surface area contributed by atoms with E-state index in [0.717, 1.165) is 34.3 Å². The third kappa shape index (κ3) is 2.84. The second kappa shape index (κ2) is 6.40. The number of hydrogen-bond donors (Lipinski definition) is 1. The van der Waals surface area contributed by atoms with Crippen molar-refractivity contribution < 1.29 is 0 Å². The molecule has 24 heavy (non-hydrogen) atoms. The van der Waals surface area contributed by atoms with Crippen molar-refractivity contribution in [3.05, 3.63) is 57.3 Å². The van der Waals surface area contributed by atoms with Crippen molar-refractivity contribution in [3.8, 4) is 11.4 Å². The Labute approximate surface area is 148 Å². The van der Waals surface area contributed by atoms with Gasteiger partial charge < -0.3 is 9.88 Å². The first-order valence-electron chi connectivity index (χ1n) is 8.26. The number of aromatic nitrogens is 2. The van der Waals surface area contributed by atoms with E-state index in [1.54, 1.807) is 6.07 Å². The molecule has 0 saturated carbocycles. The fraction of sp³-hybridized carbons (Fsp3) is 0.263. The van der Waals surface area contributed by atoms with E-state index in [-0.39, 0.29) is 5.56 Å². The van der Waals surface area contributed by atoms with Crippen molar-refractivity contribution >= 4 is 32.5 Å². The molecule has 0 atom stereocenters. The molecule has 5 heteroatoms. The summed E-state index contributed by atoms with van der Waals surface area (Å²) in [5.41, 5.74) is 2.73. The van der Waals surface area contributed by atoms with Gasteiger partial charge in [-0.25, -0.2) is 4.98 Å². The number of para-hydroxylation sites is 1. The van der Waals surface area contributed by atoms with Gasteiger partial charge in [-0.1, -0.05) is 28.1 Å². The van der Waals surface area contributed by atoms with Crippen molar-refractivity contribution in [2.75, 3.05) is 18.0 Å². The van der Waals surface area contributed by atoms with Gasteiger partial charge >= 0.3 is 0 Å². The monoisotopic (exact) mass is 383 g/mol. The van der Waals surface area contributed by atoms with Gasteiger partial charge in [0.2, 0.25) is 0 Å². The highest BCUT2D eigenvalue weighted by Gasteiger charge is 2.17. The molecule has 122 valence electrons. The van der Waals surface area contributed by atoms with Crippen LogP contribution in [0.5, 0.6) is 0 Å². The SMILES string of the molecule is O=c1[nH]c(-c2ccc(Br)cc2N2CCCCC2)nc2ccccc12. The van der Waals surface area contributed by atoms with Gasteiger partial charge in [0.15, 0.2) is 0 Å². The van der Waals surface area contributed by atoms with E-state index in [0.29, 0.717) is 11.2 Å². The molecule has 1 aliphatic heterocycles. The predicted octanol–water partition coefficient (Wildman–Crippen LogP) is 4.34. The first-order chi connectivity index (χ1) is 11.7. The number of anilines is 1. The van der Waals surface area contributed by atoms with E-state index in [2.05, 4.69) is 31.9 Å². The molecular formula is C19H18BrN3O. The molecule has 1 fully saturated rings. The average molecular weight is 384 g/mol. The number of piperidine rings is 1. The molecule has 1 N–H and O–H groups in total. The lowest BCUT2D eigenvalue weighted by molar-refractivity contribution is 0.578. The van der Waals surface area contributed by atoms with Gasteiger partial charge in [-0.05, 0) is 49.6 Å². The second-order valence-corrected chi connectivity index (χ2v) is 7.06. The van der Waals surface area contributed by atoms with Gasteiger partial charge in [-0.3, -0.25) is 4.79 Å². The number of hydrogen-bond acceptors (Lipinski definition) is 3. The smallest absolute Gasteiger partial charge is 0.259 e. The molecule has 0 bridgehead atoms. The Morgan fingerprint density at radius 2 is 1.83 bits per heavy atom. The highest BCUT2D eigenvalue weighted by Crippen LogP contribution is 2.33. The summed E-state index contributed by atoms with van der Waals surface area (Å²) >= 11 is 3.57. The molecule has 0 unspecified atom stereocenters. The number of nitrogens with zero attached hydrogens (tertiary/aromatic N) is 2. The molecular weight excluding hydrogens is 366 g/mol. The third-order valence-corrected chi connectivity index (χ3v) is 5.02. The van der Waals surface area contributed by atoms with E-state index >= 15 is 0 Å². The normalized spacial score (nSPS) is 15.0. The molecule has 2 aromatic carbocycles. The van der Waals surface area contributed by atoms with E-state index < -0.39 is 0 Å². The Kier molecular flexibility index (Phi) is 4.10. The second-order valence-electron chi connectivity index (χ2n) is 6.14. The lowest BCUT2D eigenvalue weighted by Gasteiger charge is -2.30. The van der Waals surface area contributed by atoms with Crippen LogP contribution in [0.3, 0.4) is 0 Å². The third-order valence-electron chi connectivity index (χ3n) is 4.52. The fourth-order valence-corrected chi connectivity index (χ4v) is 3.66. The molecule has 4 nitrogen and oxygen atoms in total. The van der Waals surface area contributed by atoms with Crippen LogP contribution in [0.15, 0.2) is 51.7 Å². The molecule has 1 aromatic heterocycles. The summed E-state index contributed by atoms with van der Waals surface area (Å²) in [6.07, 6.45) is 3.69. The summed E-state index contributed by atoms with van der Waals surface area (Å²) in [4.78, 5) is 22.4. The molecule has 0 amide bonds. The molecule has 1 aliphatic rings. The van der Waals surface area contributed by atoms with Crippen LogP contribution in [0.1, 0.15) is 19.3 Å². The quantitative estimate of drug-likeness (QED) is 0.715. The van der Waals surface area contributed by atoms with Crippen molar-refractivity contribution in [1.29, 1.82) is 0 Å². The molecule has 0 radical (unpaired) electrons. The predicted molar refractivity (Wildman–Crippen MR) is 102 cm³/mol. The molecule has 2 heterocycles. The van der Waals surface area contributed by atoms with E-state index in [1.165, 1.54) is 19.3 Å². The Hall–Kier alpha value is -2.14. The number of fused-ring (bicyclic) bond motifs is 1. The highest BCUT2D eigenvalue weighted by atomic mass is 79.9. The van der Waals surface area contributed by atoms with E-state index in [9.17, 15) is 4.79 Å². The van der Waals surface area contributed by atoms with Crippen molar-refractivity contribution in [3.63, 3.8) is 0 Å². The van der Waals surface area contributed by atoms with Crippen LogP contribution in [-0.4, -0.2) is 23.1 Å². The van der Waals surface area contributed by atoms with Crippen molar-refractivity contribution in [2.45, 2.75) is 19.3 Å². The van der Waals surface area contributed by atoms with Crippen LogP contribution in [0.25, 0.3) is 22.3 Å². The summed E-state index contributed by atoms with van der Waals surface area (Å²) < 4.78 is 1.04. The number of aromatic amines is 1. The minimum absolute atomic E-state index is 0.0943. The van der Waals surface area contributed by atoms with Crippen LogP contribution in [-0.2, 0) is 0 Å². The van der Waals surface area contributed by atoms with Crippen molar-refractivity contribution in [1.82, 2.24) is 9.97 Å². The molecule has 3 aromatic rings. The van der Waals surface area contributed by atoms with Crippen LogP contribution in [0.2, 0.25) is 0 Å². The lowest BCUT2D eigenvalue weighted by Crippen LogP contribution is -2.30. The molecule has 1 saturated heterocycles. The number of halogens is 1. The first kappa shape index (κ1) is 15.4. The Bertz CT molecular complexity index is 945. The first-order valence-corrected chi connectivity index (χ1v) is 9.05. The summed E-state index contributed by atoms with van der Waals surface area (Å²) in [6.45, 7) is 2.09. The van der Waals surface area contributed by atoms with Crippen LogP contribution in [0.4, 0.5) is 5.69 Å². The van der Waals surface area contributed by atoms with Gasteiger partial charge in [0, 0.05) is 28.8 Å². The minimum Gasteiger partial charge on any atom is -0.371 e. The van der Waals surface area contributed by atoms with Gasteiger partial charge in [0.25, 0.3) is 5.56 Å². The molecule has 0 aliphatic carbocycles. The largest absolute Gasteiger partial charge is 0.371 e. The zero-order valence-corrected chi connectivity index (χ0v) is 14.8. The van der Waals surface area contributed by atoms with E-state index in [1.807, 2.05) is 30.3 Å². The topological polar surface area (TPSA) is 49.0 Å². The summed E-state index contributed by atoms with van der Waals surface area (Å²) in [7, 11) is 0. The maximum Gasteiger partial charge on any atom is 0.259 e. The van der Waals surface area contributed by atoms with Gasteiger partial charge in [0.1, 0.15) is 5.82 Å². The van der Waals surface area contributed by atoms with Crippen LogP contribution >= 0.6 is 15.9 Å². The van der Waals surface area contributed by atoms with Crippen LogP contribution in [0, 0.1) is 0 Å². The van der Waals surface area contributed by atoms with Crippen LogP contribution < -0.4 is 10.5 Å². The molecule has 4 rings (SSSR count). The molecule has 0 spiro atoms. The standard InChI is InChI=1S/C19H18BrN3O/c20-13-8-9-15(17(12-13)23-10-4-1-5-11-23)18-21-16-7-3-2-6-14(16)19(24)22-18/h2-3,6-9,12H,1,4-5,10-11H2,(H,21,22,24). The number of H-pyrrole nitrogens is 1. The lowest BCUT2D eigenvalue weighted by atomic mass is 10.1. The minimum atomic E-state index is -0.0943.